The maximum atomic E-state index is 5.63. The number of benzene rings is 1. The van der Waals surface area contributed by atoms with Crippen molar-refractivity contribution in [1.82, 2.24) is 9.97 Å². The van der Waals surface area contributed by atoms with E-state index in [1.165, 1.54) is 0 Å². The Labute approximate surface area is 121 Å². The van der Waals surface area contributed by atoms with Gasteiger partial charge in [0.05, 0.1) is 5.69 Å². The Kier molecular flexibility index (Phi) is 4.03. The summed E-state index contributed by atoms with van der Waals surface area (Å²) in [5.74, 6) is 1.52. The zero-order chi connectivity index (χ0) is 13.1. The standard InChI is InChI=1S/C11H11Br2N5/c1-15-9-5-10(18-11(14)17-9)16-8-3-2-6(12)4-7(8)13/h2-5H,1H3,(H4,14,15,16,17,18). The van der Waals surface area contributed by atoms with Crippen LogP contribution in [-0.4, -0.2) is 17.0 Å². The van der Waals surface area contributed by atoms with E-state index in [-0.39, 0.29) is 5.95 Å². The third kappa shape index (κ3) is 3.11. The molecule has 0 unspecified atom stereocenters. The maximum Gasteiger partial charge on any atom is 0.223 e. The van der Waals surface area contributed by atoms with Crippen molar-refractivity contribution in [2.24, 2.45) is 0 Å². The van der Waals surface area contributed by atoms with Crippen molar-refractivity contribution in [1.29, 1.82) is 0 Å². The lowest BCUT2D eigenvalue weighted by Crippen LogP contribution is -2.03. The molecule has 18 heavy (non-hydrogen) atoms. The van der Waals surface area contributed by atoms with Gasteiger partial charge in [0, 0.05) is 22.1 Å². The Morgan fingerprint density at radius 3 is 2.50 bits per heavy atom. The fourth-order valence-corrected chi connectivity index (χ4v) is 2.53. The molecule has 0 atom stereocenters. The van der Waals surface area contributed by atoms with Gasteiger partial charge in [0.25, 0.3) is 0 Å². The highest BCUT2D eigenvalue weighted by molar-refractivity contribution is 9.11. The molecule has 0 saturated heterocycles. The minimum atomic E-state index is 0.220. The summed E-state index contributed by atoms with van der Waals surface area (Å²) in [5, 5.41) is 6.10. The van der Waals surface area contributed by atoms with E-state index >= 15 is 0 Å². The summed E-state index contributed by atoms with van der Waals surface area (Å²) in [5.41, 5.74) is 6.53. The van der Waals surface area contributed by atoms with Gasteiger partial charge < -0.3 is 16.4 Å². The molecule has 0 amide bonds. The molecule has 2 aromatic rings. The van der Waals surface area contributed by atoms with Gasteiger partial charge in [0.2, 0.25) is 5.95 Å². The smallest absolute Gasteiger partial charge is 0.223 e. The maximum absolute atomic E-state index is 5.63. The number of hydrogen-bond acceptors (Lipinski definition) is 5. The third-order valence-electron chi connectivity index (χ3n) is 2.19. The van der Waals surface area contributed by atoms with Crippen molar-refractivity contribution in [3.05, 3.63) is 33.2 Å². The Hall–Kier alpha value is -1.34. The summed E-state index contributed by atoms with van der Waals surface area (Å²) in [6.45, 7) is 0. The van der Waals surface area contributed by atoms with Crippen LogP contribution in [0.2, 0.25) is 0 Å². The third-order valence-corrected chi connectivity index (χ3v) is 3.34. The molecule has 1 heterocycles. The molecule has 0 spiro atoms. The molecule has 0 aliphatic rings. The predicted octanol–water partition coefficient (Wildman–Crippen LogP) is 3.37. The SMILES string of the molecule is CNc1cc(Nc2ccc(Br)cc2Br)nc(N)n1. The first-order valence-electron chi connectivity index (χ1n) is 5.13. The Bertz CT molecular complexity index is 573. The monoisotopic (exact) mass is 371 g/mol. The molecule has 1 aromatic carbocycles. The minimum absolute atomic E-state index is 0.220. The number of nitrogen functional groups attached to an aromatic ring is 1. The van der Waals surface area contributed by atoms with E-state index in [0.717, 1.165) is 14.6 Å². The van der Waals surface area contributed by atoms with Crippen molar-refractivity contribution in [2.75, 3.05) is 23.4 Å². The van der Waals surface area contributed by atoms with Crippen molar-refractivity contribution >= 4 is 55.1 Å². The molecular weight excluding hydrogens is 362 g/mol. The van der Waals surface area contributed by atoms with Crippen LogP contribution in [0.3, 0.4) is 0 Å². The van der Waals surface area contributed by atoms with Crippen molar-refractivity contribution < 1.29 is 0 Å². The molecule has 0 aliphatic carbocycles. The number of nitrogens with zero attached hydrogens (tertiary/aromatic N) is 2. The van der Waals surface area contributed by atoms with E-state index in [9.17, 15) is 0 Å². The number of anilines is 4. The largest absolute Gasteiger partial charge is 0.373 e. The minimum Gasteiger partial charge on any atom is -0.373 e. The average molecular weight is 373 g/mol. The zero-order valence-electron chi connectivity index (χ0n) is 9.54. The quantitative estimate of drug-likeness (QED) is 0.770. The number of aromatic nitrogens is 2. The summed E-state index contributed by atoms with van der Waals surface area (Å²) in [7, 11) is 1.78. The molecule has 0 saturated carbocycles. The van der Waals surface area contributed by atoms with Gasteiger partial charge in [-0.2, -0.15) is 9.97 Å². The molecule has 1 aromatic heterocycles. The average Bonchev–Trinajstić information content (AvgIpc) is 2.32. The van der Waals surface area contributed by atoms with Gasteiger partial charge in [0.1, 0.15) is 11.6 Å². The van der Waals surface area contributed by atoms with Crippen LogP contribution in [0.15, 0.2) is 33.2 Å². The molecular formula is C11H11Br2N5. The second-order valence-corrected chi connectivity index (χ2v) is 5.27. The molecule has 2 rings (SSSR count). The number of hydrogen-bond donors (Lipinski definition) is 3. The van der Waals surface area contributed by atoms with Gasteiger partial charge in [-0.25, -0.2) is 0 Å². The summed E-state index contributed by atoms with van der Waals surface area (Å²) >= 11 is 6.88. The Morgan fingerprint density at radius 2 is 1.83 bits per heavy atom. The van der Waals surface area contributed by atoms with E-state index in [1.807, 2.05) is 18.2 Å². The van der Waals surface area contributed by atoms with E-state index < -0.39 is 0 Å². The van der Waals surface area contributed by atoms with Crippen molar-refractivity contribution in [3.63, 3.8) is 0 Å². The predicted molar refractivity (Wildman–Crippen MR) is 81.1 cm³/mol. The number of nitrogens with one attached hydrogen (secondary N) is 2. The van der Waals surface area contributed by atoms with Gasteiger partial charge in [-0.15, -0.1) is 0 Å². The first-order valence-corrected chi connectivity index (χ1v) is 6.71. The van der Waals surface area contributed by atoms with Crippen LogP contribution >= 0.6 is 31.9 Å². The Morgan fingerprint density at radius 1 is 1.11 bits per heavy atom. The molecule has 5 nitrogen and oxygen atoms in total. The van der Waals surface area contributed by atoms with Crippen molar-refractivity contribution in [2.45, 2.75) is 0 Å². The number of halogens is 2. The van der Waals surface area contributed by atoms with Crippen LogP contribution < -0.4 is 16.4 Å². The van der Waals surface area contributed by atoms with Crippen molar-refractivity contribution in [3.8, 4) is 0 Å². The van der Waals surface area contributed by atoms with Crippen LogP contribution in [0, 0.1) is 0 Å². The molecule has 0 radical (unpaired) electrons. The molecule has 0 aliphatic heterocycles. The first-order chi connectivity index (χ1) is 8.58. The summed E-state index contributed by atoms with van der Waals surface area (Å²) in [6.07, 6.45) is 0. The summed E-state index contributed by atoms with van der Waals surface area (Å²) in [4.78, 5) is 8.15. The fraction of sp³-hybridized carbons (Fsp3) is 0.0909. The highest BCUT2D eigenvalue weighted by Crippen LogP contribution is 2.28. The van der Waals surface area contributed by atoms with Gasteiger partial charge in [0.15, 0.2) is 0 Å². The normalized spacial score (nSPS) is 10.2. The van der Waals surface area contributed by atoms with Gasteiger partial charge >= 0.3 is 0 Å². The van der Waals surface area contributed by atoms with Crippen LogP contribution in [0.25, 0.3) is 0 Å². The highest BCUT2D eigenvalue weighted by Gasteiger charge is 2.04. The lowest BCUT2D eigenvalue weighted by molar-refractivity contribution is 1.17. The van der Waals surface area contributed by atoms with E-state index in [4.69, 9.17) is 5.73 Å². The van der Waals surface area contributed by atoms with Crippen LogP contribution in [0.1, 0.15) is 0 Å². The lowest BCUT2D eigenvalue weighted by atomic mass is 10.3. The van der Waals surface area contributed by atoms with Gasteiger partial charge in [-0.1, -0.05) is 15.9 Å². The van der Waals surface area contributed by atoms with Crippen LogP contribution in [-0.2, 0) is 0 Å². The second-order valence-electron chi connectivity index (χ2n) is 3.50. The van der Waals surface area contributed by atoms with Crippen LogP contribution in [0.4, 0.5) is 23.3 Å². The fourth-order valence-electron chi connectivity index (χ4n) is 1.39. The van der Waals surface area contributed by atoms with E-state index in [0.29, 0.717) is 11.6 Å². The van der Waals surface area contributed by atoms with Crippen LogP contribution in [0.5, 0.6) is 0 Å². The topological polar surface area (TPSA) is 75.9 Å². The second kappa shape index (κ2) is 5.53. The van der Waals surface area contributed by atoms with E-state index in [2.05, 4.69) is 52.5 Å². The van der Waals surface area contributed by atoms with Gasteiger partial charge in [-0.05, 0) is 34.1 Å². The molecule has 4 N–H and O–H groups in total. The first kappa shape index (κ1) is 13.1. The van der Waals surface area contributed by atoms with E-state index in [1.54, 1.807) is 13.1 Å². The molecule has 0 bridgehead atoms. The van der Waals surface area contributed by atoms with Gasteiger partial charge in [-0.3, -0.25) is 0 Å². The summed E-state index contributed by atoms with van der Waals surface area (Å²) in [6, 6.07) is 7.61. The lowest BCUT2D eigenvalue weighted by Gasteiger charge is -2.10. The molecule has 94 valence electrons. The molecule has 7 heteroatoms. The Balaban J connectivity index is 2.30. The zero-order valence-corrected chi connectivity index (χ0v) is 12.7. The summed E-state index contributed by atoms with van der Waals surface area (Å²) < 4.78 is 1.93. The highest BCUT2D eigenvalue weighted by atomic mass is 79.9. The molecule has 0 fully saturated rings. The number of rotatable bonds is 3. The number of nitrogens with two attached hydrogens (primary N) is 1.